The second kappa shape index (κ2) is 3.42. The number of hydrogen-bond donors (Lipinski definition) is 0. The summed E-state index contributed by atoms with van der Waals surface area (Å²) < 4.78 is 0. The van der Waals surface area contributed by atoms with E-state index in [2.05, 4.69) is 43.7 Å². The summed E-state index contributed by atoms with van der Waals surface area (Å²) in [6.07, 6.45) is 7.45. The Morgan fingerprint density at radius 3 is 2.91 bits per heavy atom. The molecule has 1 nitrogen and oxygen atoms in total. The lowest BCUT2D eigenvalue weighted by atomic mass is 10.1. The number of nitrogens with zero attached hydrogens (tertiary/aromatic N) is 1. The van der Waals surface area contributed by atoms with Crippen molar-refractivity contribution < 1.29 is 0 Å². The Kier molecular flexibility index (Phi) is 2.53. The molecule has 11 heavy (non-hydrogen) atoms. The molecule has 0 spiro atoms. The maximum Gasteiger partial charge on any atom is 0.0363 e. The van der Waals surface area contributed by atoms with Crippen molar-refractivity contribution in [3.8, 4) is 0 Å². The molecule has 0 aromatic carbocycles. The predicted octanol–water partition coefficient (Wildman–Crippen LogP) is 2.34. The van der Waals surface area contributed by atoms with Crippen LogP contribution in [0.5, 0.6) is 0 Å². The lowest BCUT2D eigenvalue weighted by Crippen LogP contribution is -2.16. The summed E-state index contributed by atoms with van der Waals surface area (Å²) >= 11 is 0. The van der Waals surface area contributed by atoms with E-state index in [0.29, 0.717) is 0 Å². The summed E-state index contributed by atoms with van der Waals surface area (Å²) in [6, 6.07) is 0. The first-order valence-corrected chi connectivity index (χ1v) is 4.01. The normalized spacial score (nSPS) is 16.5. The molecule has 0 N–H and O–H groups in total. The first-order valence-electron chi connectivity index (χ1n) is 4.01. The second-order valence-corrected chi connectivity index (χ2v) is 2.85. The van der Waals surface area contributed by atoms with Crippen molar-refractivity contribution in [2.24, 2.45) is 0 Å². The molecule has 1 aliphatic rings. The molecule has 0 radical (unpaired) electrons. The zero-order chi connectivity index (χ0) is 8.27. The number of allylic oxidation sites excluding steroid dienone is 4. The molecule has 0 atom stereocenters. The Balaban J connectivity index is 2.71. The Morgan fingerprint density at radius 2 is 2.36 bits per heavy atom. The summed E-state index contributed by atoms with van der Waals surface area (Å²) in [5.41, 5.74) is 2.46. The van der Waals surface area contributed by atoms with E-state index in [4.69, 9.17) is 0 Å². The van der Waals surface area contributed by atoms with Crippen molar-refractivity contribution in [2.75, 3.05) is 13.6 Å². The van der Waals surface area contributed by atoms with Crippen LogP contribution in [0.4, 0.5) is 0 Å². The van der Waals surface area contributed by atoms with E-state index in [-0.39, 0.29) is 0 Å². The lowest BCUT2D eigenvalue weighted by molar-refractivity contribution is 0.454. The molecular formula is C10H15N. The van der Waals surface area contributed by atoms with Crippen molar-refractivity contribution in [1.29, 1.82) is 0 Å². The topological polar surface area (TPSA) is 3.24 Å². The van der Waals surface area contributed by atoms with Gasteiger partial charge in [-0.25, -0.2) is 0 Å². The van der Waals surface area contributed by atoms with Crippen LogP contribution in [0.25, 0.3) is 0 Å². The van der Waals surface area contributed by atoms with Gasteiger partial charge in [0.2, 0.25) is 0 Å². The smallest absolute Gasteiger partial charge is 0.0363 e. The van der Waals surface area contributed by atoms with Gasteiger partial charge in [0, 0.05) is 19.3 Å². The number of hydrogen-bond acceptors (Lipinski definition) is 1. The van der Waals surface area contributed by atoms with Gasteiger partial charge in [0.25, 0.3) is 0 Å². The van der Waals surface area contributed by atoms with Crippen molar-refractivity contribution in [1.82, 2.24) is 4.90 Å². The zero-order valence-electron chi connectivity index (χ0n) is 7.30. The average Bonchev–Trinajstić information content (AvgIpc) is 2.03. The van der Waals surface area contributed by atoms with Crippen molar-refractivity contribution >= 4 is 0 Å². The van der Waals surface area contributed by atoms with Crippen LogP contribution in [-0.4, -0.2) is 18.5 Å². The van der Waals surface area contributed by atoms with Crippen LogP contribution < -0.4 is 0 Å². The van der Waals surface area contributed by atoms with E-state index in [1.54, 1.807) is 0 Å². The Bertz CT molecular complexity index is 211. The van der Waals surface area contributed by atoms with E-state index < -0.39 is 0 Å². The maximum atomic E-state index is 3.93. The van der Waals surface area contributed by atoms with E-state index in [0.717, 1.165) is 13.0 Å². The van der Waals surface area contributed by atoms with Crippen LogP contribution in [0.1, 0.15) is 13.3 Å². The molecule has 0 saturated heterocycles. The minimum absolute atomic E-state index is 1.00. The fourth-order valence-electron chi connectivity index (χ4n) is 1.07. The van der Waals surface area contributed by atoms with Gasteiger partial charge in [0.05, 0.1) is 0 Å². The molecule has 0 bridgehead atoms. The SMILES string of the molecule is C=C1C=C(N(C)CC)C=CC1. The molecule has 0 aromatic rings. The van der Waals surface area contributed by atoms with Gasteiger partial charge in [0.1, 0.15) is 0 Å². The molecule has 0 fully saturated rings. The van der Waals surface area contributed by atoms with Crippen LogP contribution in [0.3, 0.4) is 0 Å². The standard InChI is InChI=1S/C10H15N/c1-4-11(3)10-7-5-6-9(2)8-10/h5,7-8H,2,4,6H2,1,3H3. The zero-order valence-corrected chi connectivity index (χ0v) is 7.30. The Labute approximate surface area is 68.7 Å². The maximum absolute atomic E-state index is 3.93. The highest BCUT2D eigenvalue weighted by Crippen LogP contribution is 2.15. The Morgan fingerprint density at radius 1 is 1.64 bits per heavy atom. The van der Waals surface area contributed by atoms with Crippen LogP contribution in [0.2, 0.25) is 0 Å². The highest BCUT2D eigenvalue weighted by molar-refractivity contribution is 5.33. The quantitative estimate of drug-likeness (QED) is 0.582. The third-order valence-corrected chi connectivity index (χ3v) is 1.94. The van der Waals surface area contributed by atoms with E-state index in [9.17, 15) is 0 Å². The van der Waals surface area contributed by atoms with Gasteiger partial charge in [-0.15, -0.1) is 0 Å². The first kappa shape index (κ1) is 8.12. The fraction of sp³-hybridized carbons (Fsp3) is 0.400. The van der Waals surface area contributed by atoms with Crippen LogP contribution in [-0.2, 0) is 0 Å². The molecule has 1 heteroatoms. The highest BCUT2D eigenvalue weighted by atomic mass is 15.1. The van der Waals surface area contributed by atoms with Gasteiger partial charge in [-0.3, -0.25) is 0 Å². The number of rotatable bonds is 2. The minimum Gasteiger partial charge on any atom is -0.375 e. The highest BCUT2D eigenvalue weighted by Gasteiger charge is 2.02. The minimum atomic E-state index is 1.00. The summed E-state index contributed by atoms with van der Waals surface area (Å²) in [5, 5.41) is 0. The summed E-state index contributed by atoms with van der Waals surface area (Å²) in [7, 11) is 2.09. The molecule has 1 rings (SSSR count). The molecule has 1 aliphatic carbocycles. The van der Waals surface area contributed by atoms with Gasteiger partial charge in [-0.2, -0.15) is 0 Å². The van der Waals surface area contributed by atoms with Gasteiger partial charge in [-0.05, 0) is 31.1 Å². The molecule has 0 aliphatic heterocycles. The van der Waals surface area contributed by atoms with Gasteiger partial charge in [0.15, 0.2) is 0 Å². The third-order valence-electron chi connectivity index (χ3n) is 1.94. The van der Waals surface area contributed by atoms with E-state index in [1.165, 1.54) is 11.3 Å². The molecule has 60 valence electrons. The van der Waals surface area contributed by atoms with Crippen molar-refractivity contribution in [3.05, 3.63) is 36.1 Å². The van der Waals surface area contributed by atoms with Crippen LogP contribution in [0, 0.1) is 0 Å². The van der Waals surface area contributed by atoms with Gasteiger partial charge in [-0.1, -0.05) is 12.7 Å². The van der Waals surface area contributed by atoms with Gasteiger partial charge < -0.3 is 4.90 Å². The third kappa shape index (κ3) is 1.97. The average molecular weight is 149 g/mol. The molecule has 0 saturated carbocycles. The second-order valence-electron chi connectivity index (χ2n) is 2.85. The summed E-state index contributed by atoms with van der Waals surface area (Å²) in [4.78, 5) is 2.21. The number of likely N-dealkylation sites (N-methyl/N-ethyl adjacent to an activating group) is 1. The lowest BCUT2D eigenvalue weighted by Gasteiger charge is -2.20. The molecule has 0 amide bonds. The molecule has 0 aromatic heterocycles. The molecule has 0 heterocycles. The Hall–Kier alpha value is -0.980. The largest absolute Gasteiger partial charge is 0.375 e. The van der Waals surface area contributed by atoms with E-state index >= 15 is 0 Å². The van der Waals surface area contributed by atoms with Gasteiger partial charge >= 0.3 is 0 Å². The van der Waals surface area contributed by atoms with Crippen LogP contribution >= 0.6 is 0 Å². The summed E-state index contributed by atoms with van der Waals surface area (Å²) in [5.74, 6) is 0. The first-order chi connectivity index (χ1) is 5.24. The summed E-state index contributed by atoms with van der Waals surface area (Å²) in [6.45, 7) is 7.12. The fourth-order valence-corrected chi connectivity index (χ4v) is 1.07. The van der Waals surface area contributed by atoms with Crippen LogP contribution in [0.15, 0.2) is 36.1 Å². The van der Waals surface area contributed by atoms with E-state index in [1.807, 2.05) is 0 Å². The van der Waals surface area contributed by atoms with Crippen molar-refractivity contribution in [3.63, 3.8) is 0 Å². The molecular weight excluding hydrogens is 134 g/mol. The van der Waals surface area contributed by atoms with Crippen molar-refractivity contribution in [2.45, 2.75) is 13.3 Å². The predicted molar refractivity (Wildman–Crippen MR) is 49.3 cm³/mol. The monoisotopic (exact) mass is 149 g/mol. The molecule has 0 unspecified atom stereocenters.